The fourth-order valence-corrected chi connectivity index (χ4v) is 2.24. The van der Waals surface area contributed by atoms with E-state index in [2.05, 4.69) is 67.2 Å². The Balaban J connectivity index is 2.01. The van der Waals surface area contributed by atoms with Crippen LogP contribution in [-0.2, 0) is 0 Å². The molecule has 0 unspecified atom stereocenters. The molecule has 0 amide bonds. The van der Waals surface area contributed by atoms with Crippen LogP contribution < -0.4 is 5.32 Å². The van der Waals surface area contributed by atoms with Gasteiger partial charge in [-0.1, -0.05) is 30.3 Å². The van der Waals surface area contributed by atoms with Gasteiger partial charge in [0.15, 0.2) is 0 Å². The van der Waals surface area contributed by atoms with Crippen LogP contribution in [0.4, 0.5) is 5.69 Å². The van der Waals surface area contributed by atoms with Crippen LogP contribution in [0.25, 0.3) is 16.7 Å². The fraction of sp³-hybridized carbons (Fsp3) is 0.118. The molecule has 3 rings (SSSR count). The van der Waals surface area contributed by atoms with E-state index in [1.807, 2.05) is 7.05 Å². The minimum absolute atomic E-state index is 1.19. The van der Waals surface area contributed by atoms with Gasteiger partial charge in [-0.3, -0.25) is 0 Å². The van der Waals surface area contributed by atoms with Crippen molar-refractivity contribution < 1.29 is 0 Å². The Morgan fingerprint density at radius 3 is 2.28 bits per heavy atom. The van der Waals surface area contributed by atoms with Crippen molar-refractivity contribution in [2.24, 2.45) is 0 Å². The van der Waals surface area contributed by atoms with E-state index in [1.165, 1.54) is 33.5 Å². The van der Waals surface area contributed by atoms with Gasteiger partial charge in [0.25, 0.3) is 0 Å². The molecule has 0 bridgehead atoms. The van der Waals surface area contributed by atoms with Crippen molar-refractivity contribution in [1.29, 1.82) is 0 Å². The molecule has 1 N–H and O–H groups in total. The molecule has 2 aromatic rings. The maximum absolute atomic E-state index is 3.20. The van der Waals surface area contributed by atoms with Gasteiger partial charge >= 0.3 is 0 Å². The molecule has 1 radical (unpaired) electrons. The van der Waals surface area contributed by atoms with Crippen LogP contribution >= 0.6 is 0 Å². The Kier molecular flexibility index (Phi) is 2.67. The molecule has 1 aliphatic rings. The van der Waals surface area contributed by atoms with Gasteiger partial charge in [0.05, 0.1) is 0 Å². The lowest BCUT2D eigenvalue weighted by molar-refractivity contribution is 1.40. The van der Waals surface area contributed by atoms with E-state index in [4.69, 9.17) is 0 Å². The molecule has 0 atom stereocenters. The normalized spacial score (nSPS) is 13.1. The topological polar surface area (TPSA) is 12.0 Å². The largest absolute Gasteiger partial charge is 0.388 e. The predicted octanol–water partition coefficient (Wildman–Crippen LogP) is 4.31. The molecule has 0 aliphatic heterocycles. The third-order valence-electron chi connectivity index (χ3n) is 3.36. The quantitative estimate of drug-likeness (QED) is 0.834. The number of allylic oxidation sites excluding steroid dienone is 2. The SMILES string of the molecule is CNc1ccc(-c2cccc(C3=C[CH]3)c2)cc1C. The zero-order valence-electron chi connectivity index (χ0n) is 10.7. The summed E-state index contributed by atoms with van der Waals surface area (Å²) in [7, 11) is 1.96. The minimum Gasteiger partial charge on any atom is -0.388 e. The molecular weight excluding hydrogens is 218 g/mol. The first-order valence-electron chi connectivity index (χ1n) is 6.22. The van der Waals surface area contributed by atoms with Crippen molar-refractivity contribution in [3.8, 4) is 11.1 Å². The van der Waals surface area contributed by atoms with Crippen LogP contribution in [0.2, 0.25) is 0 Å². The molecule has 0 spiro atoms. The average Bonchev–Trinajstić information content (AvgIpc) is 3.23. The second-order valence-electron chi connectivity index (χ2n) is 4.65. The third kappa shape index (κ3) is 2.04. The lowest BCUT2D eigenvalue weighted by Crippen LogP contribution is -1.91. The first-order valence-corrected chi connectivity index (χ1v) is 6.22. The molecule has 2 aromatic carbocycles. The number of benzene rings is 2. The van der Waals surface area contributed by atoms with Crippen molar-refractivity contribution in [1.82, 2.24) is 0 Å². The van der Waals surface area contributed by atoms with Gasteiger partial charge in [0.2, 0.25) is 0 Å². The lowest BCUT2D eigenvalue weighted by atomic mass is 10.00. The van der Waals surface area contributed by atoms with Gasteiger partial charge in [0.1, 0.15) is 0 Å². The maximum atomic E-state index is 3.20. The molecule has 1 heteroatoms. The lowest BCUT2D eigenvalue weighted by Gasteiger charge is -2.09. The summed E-state index contributed by atoms with van der Waals surface area (Å²) in [5.74, 6) is 0. The summed E-state index contributed by atoms with van der Waals surface area (Å²) >= 11 is 0. The monoisotopic (exact) mass is 234 g/mol. The van der Waals surface area contributed by atoms with Crippen molar-refractivity contribution in [2.45, 2.75) is 6.92 Å². The van der Waals surface area contributed by atoms with E-state index in [-0.39, 0.29) is 0 Å². The fourth-order valence-electron chi connectivity index (χ4n) is 2.24. The first kappa shape index (κ1) is 11.1. The molecule has 18 heavy (non-hydrogen) atoms. The third-order valence-corrected chi connectivity index (χ3v) is 3.36. The summed E-state index contributed by atoms with van der Waals surface area (Å²) in [6, 6.07) is 15.2. The number of rotatable bonds is 3. The molecule has 0 heterocycles. The Hall–Kier alpha value is -2.02. The van der Waals surface area contributed by atoms with Crippen molar-refractivity contribution in [3.63, 3.8) is 0 Å². The summed E-state index contributed by atoms with van der Waals surface area (Å²) in [6.45, 7) is 2.14. The zero-order valence-corrected chi connectivity index (χ0v) is 10.7. The van der Waals surface area contributed by atoms with Crippen molar-refractivity contribution in [3.05, 3.63) is 66.1 Å². The minimum atomic E-state index is 1.19. The highest BCUT2D eigenvalue weighted by molar-refractivity contribution is 5.88. The second kappa shape index (κ2) is 4.34. The maximum Gasteiger partial charge on any atom is 0.0367 e. The van der Waals surface area contributed by atoms with Crippen LogP contribution in [0, 0.1) is 13.3 Å². The van der Waals surface area contributed by atoms with Gasteiger partial charge in [0, 0.05) is 19.2 Å². The Morgan fingerprint density at radius 1 is 0.889 bits per heavy atom. The number of aryl methyl sites for hydroxylation is 1. The molecule has 0 aromatic heterocycles. The molecule has 1 aliphatic carbocycles. The highest BCUT2D eigenvalue weighted by Gasteiger charge is 2.11. The van der Waals surface area contributed by atoms with E-state index in [0.717, 1.165) is 0 Å². The summed E-state index contributed by atoms with van der Waals surface area (Å²) in [5.41, 5.74) is 7.67. The average molecular weight is 234 g/mol. The van der Waals surface area contributed by atoms with Crippen LogP contribution in [0.5, 0.6) is 0 Å². The van der Waals surface area contributed by atoms with Crippen LogP contribution in [0.1, 0.15) is 11.1 Å². The van der Waals surface area contributed by atoms with Gasteiger partial charge in [-0.05, 0) is 52.9 Å². The van der Waals surface area contributed by atoms with E-state index in [9.17, 15) is 0 Å². The zero-order chi connectivity index (χ0) is 12.5. The number of hydrogen-bond donors (Lipinski definition) is 1. The smallest absolute Gasteiger partial charge is 0.0367 e. The molecule has 0 fully saturated rings. The number of anilines is 1. The summed E-state index contributed by atoms with van der Waals surface area (Å²) in [4.78, 5) is 0. The van der Waals surface area contributed by atoms with E-state index in [0.29, 0.717) is 0 Å². The molecule has 89 valence electrons. The Labute approximate surface area is 108 Å². The van der Waals surface area contributed by atoms with E-state index >= 15 is 0 Å². The number of nitrogens with one attached hydrogen (secondary N) is 1. The standard InChI is InChI=1S/C17H16N/c1-12-10-16(8-9-17(12)18-2)15-5-3-4-14(11-15)13-6-7-13/h3-11,18H,1-2H3. The van der Waals surface area contributed by atoms with Crippen LogP contribution in [0.15, 0.2) is 48.5 Å². The van der Waals surface area contributed by atoms with Crippen molar-refractivity contribution >= 4 is 11.3 Å². The molecule has 0 saturated heterocycles. The van der Waals surface area contributed by atoms with E-state index < -0.39 is 0 Å². The highest BCUT2D eigenvalue weighted by Crippen LogP contribution is 2.32. The number of hydrogen-bond acceptors (Lipinski definition) is 1. The van der Waals surface area contributed by atoms with Gasteiger partial charge < -0.3 is 5.32 Å². The first-order chi connectivity index (χ1) is 8.78. The van der Waals surface area contributed by atoms with E-state index in [1.54, 1.807) is 0 Å². The molecule has 1 nitrogen and oxygen atoms in total. The Morgan fingerprint density at radius 2 is 1.61 bits per heavy atom. The highest BCUT2D eigenvalue weighted by atomic mass is 14.8. The predicted molar refractivity (Wildman–Crippen MR) is 78.4 cm³/mol. The van der Waals surface area contributed by atoms with Gasteiger partial charge in [-0.15, -0.1) is 0 Å². The summed E-state index contributed by atoms with van der Waals surface area (Å²) in [6.07, 6.45) is 4.29. The van der Waals surface area contributed by atoms with Gasteiger partial charge in [-0.25, -0.2) is 0 Å². The van der Waals surface area contributed by atoms with Crippen LogP contribution in [-0.4, -0.2) is 7.05 Å². The molecule has 0 saturated carbocycles. The second-order valence-corrected chi connectivity index (χ2v) is 4.65. The van der Waals surface area contributed by atoms with Crippen molar-refractivity contribution in [2.75, 3.05) is 12.4 Å². The summed E-state index contributed by atoms with van der Waals surface area (Å²) < 4.78 is 0. The molecular formula is C17H16N. The van der Waals surface area contributed by atoms with Gasteiger partial charge in [-0.2, -0.15) is 0 Å². The van der Waals surface area contributed by atoms with Crippen LogP contribution in [0.3, 0.4) is 0 Å². The Bertz CT molecular complexity index is 623. The summed E-state index contributed by atoms with van der Waals surface area (Å²) in [5, 5.41) is 3.20.